The molecule has 0 saturated carbocycles. The van der Waals surface area contributed by atoms with E-state index in [4.69, 9.17) is 5.73 Å². The van der Waals surface area contributed by atoms with Crippen LogP contribution >= 0.6 is 0 Å². The fraction of sp³-hybridized carbons (Fsp3) is 1.00. The van der Waals surface area contributed by atoms with Gasteiger partial charge in [-0.15, -0.1) is 0 Å². The predicted molar refractivity (Wildman–Crippen MR) is 60.9 cm³/mol. The molecule has 1 saturated heterocycles. The summed E-state index contributed by atoms with van der Waals surface area (Å²) in [7, 11) is -3.03. The highest BCUT2D eigenvalue weighted by atomic mass is 32.2. The van der Waals surface area contributed by atoms with E-state index in [2.05, 4.69) is 4.74 Å². The van der Waals surface area contributed by atoms with E-state index in [0.717, 1.165) is 0 Å². The first-order valence-corrected chi connectivity index (χ1v) is 7.55. The smallest absolute Gasteiger partial charge is 0.372 e. The second-order valence-corrected chi connectivity index (χ2v) is 7.00. The van der Waals surface area contributed by atoms with Gasteiger partial charge in [-0.05, 0) is 31.2 Å². The van der Waals surface area contributed by atoms with Gasteiger partial charge in [0.1, 0.15) is 6.61 Å². The molecule has 0 spiro atoms. The summed E-state index contributed by atoms with van der Waals surface area (Å²) >= 11 is 0. The van der Waals surface area contributed by atoms with E-state index in [1.165, 1.54) is 0 Å². The summed E-state index contributed by atoms with van der Waals surface area (Å²) in [5, 5.41) is 0. The van der Waals surface area contributed by atoms with Crippen LogP contribution < -0.4 is 5.73 Å². The van der Waals surface area contributed by atoms with Gasteiger partial charge in [0.2, 0.25) is 0 Å². The van der Waals surface area contributed by atoms with Crippen LogP contribution in [-0.4, -0.2) is 45.9 Å². The minimum absolute atomic E-state index is 0.0265. The summed E-state index contributed by atoms with van der Waals surface area (Å²) in [5.74, 6) is 0.156. The maximum atomic E-state index is 11.8. The molecule has 108 valence electrons. The van der Waals surface area contributed by atoms with Crippen molar-refractivity contribution in [3.05, 3.63) is 0 Å². The van der Waals surface area contributed by atoms with E-state index in [1.54, 1.807) is 0 Å². The van der Waals surface area contributed by atoms with Gasteiger partial charge >= 0.3 is 6.18 Å². The first-order chi connectivity index (χ1) is 8.18. The number of ether oxygens (including phenoxy) is 1. The predicted octanol–water partition coefficient (Wildman–Crippen LogP) is 1.11. The molecular formula is C10H18F3NO3S. The van der Waals surface area contributed by atoms with Crippen molar-refractivity contribution in [2.24, 2.45) is 11.1 Å². The molecule has 2 N–H and O–H groups in total. The average molecular weight is 289 g/mol. The van der Waals surface area contributed by atoms with Crippen LogP contribution in [0, 0.1) is 5.41 Å². The Labute approximate surface area is 105 Å². The topological polar surface area (TPSA) is 69.4 Å². The van der Waals surface area contributed by atoms with Crippen molar-refractivity contribution >= 4 is 9.84 Å². The van der Waals surface area contributed by atoms with Crippen molar-refractivity contribution in [1.29, 1.82) is 0 Å². The molecule has 0 aromatic heterocycles. The van der Waals surface area contributed by atoms with E-state index in [0.29, 0.717) is 19.3 Å². The third-order valence-corrected chi connectivity index (χ3v) is 5.04. The Morgan fingerprint density at radius 1 is 1.33 bits per heavy atom. The van der Waals surface area contributed by atoms with Crippen LogP contribution in [0.2, 0.25) is 0 Å². The molecule has 1 aliphatic rings. The zero-order valence-electron chi connectivity index (χ0n) is 10.0. The van der Waals surface area contributed by atoms with E-state index < -0.39 is 28.0 Å². The second kappa shape index (κ2) is 5.75. The van der Waals surface area contributed by atoms with Crippen LogP contribution in [0.25, 0.3) is 0 Å². The molecule has 0 radical (unpaired) electrons. The molecule has 1 heterocycles. The molecule has 8 heteroatoms. The molecule has 0 aromatic carbocycles. The lowest BCUT2D eigenvalue weighted by atomic mass is 9.83. The second-order valence-electron chi connectivity index (χ2n) is 4.82. The average Bonchev–Trinajstić information content (AvgIpc) is 2.53. The minimum atomic E-state index is -4.32. The van der Waals surface area contributed by atoms with Crippen LogP contribution in [0.1, 0.15) is 19.3 Å². The number of hydrogen-bond acceptors (Lipinski definition) is 4. The summed E-state index contributed by atoms with van der Waals surface area (Å²) in [4.78, 5) is 0. The van der Waals surface area contributed by atoms with Crippen LogP contribution in [0.3, 0.4) is 0 Å². The Morgan fingerprint density at radius 2 is 2.00 bits per heavy atom. The lowest BCUT2D eigenvalue weighted by Gasteiger charge is -2.25. The Morgan fingerprint density at radius 3 is 2.44 bits per heavy atom. The van der Waals surface area contributed by atoms with Crippen molar-refractivity contribution in [3.63, 3.8) is 0 Å². The molecule has 1 aliphatic heterocycles. The van der Waals surface area contributed by atoms with E-state index in [9.17, 15) is 21.6 Å². The fourth-order valence-corrected chi connectivity index (χ4v) is 4.41. The fourth-order valence-electron chi connectivity index (χ4n) is 2.18. The Hall–Kier alpha value is -0.340. The van der Waals surface area contributed by atoms with Crippen molar-refractivity contribution < 1.29 is 26.3 Å². The maximum Gasteiger partial charge on any atom is 0.411 e. The quantitative estimate of drug-likeness (QED) is 0.744. The molecule has 1 atom stereocenters. The van der Waals surface area contributed by atoms with Crippen LogP contribution in [-0.2, 0) is 14.6 Å². The van der Waals surface area contributed by atoms with Gasteiger partial charge in [-0.25, -0.2) is 8.42 Å². The summed E-state index contributed by atoms with van der Waals surface area (Å²) in [5.41, 5.74) is 5.12. The van der Waals surface area contributed by atoms with Crippen LogP contribution in [0.4, 0.5) is 13.2 Å². The third-order valence-electron chi connectivity index (χ3n) is 3.16. The Balaban J connectivity index is 2.29. The number of hydrogen-bond donors (Lipinski definition) is 1. The zero-order chi connectivity index (χ0) is 13.9. The van der Waals surface area contributed by atoms with Gasteiger partial charge in [0.15, 0.2) is 9.84 Å². The number of alkyl halides is 3. The number of sulfone groups is 1. The SMILES string of the molecule is NCC1(CCCOCC(F)(F)F)CCS(=O)(=O)C1. The normalized spacial score (nSPS) is 27.6. The van der Waals surface area contributed by atoms with Crippen molar-refractivity contribution in [2.75, 3.05) is 31.3 Å². The first kappa shape index (κ1) is 15.7. The van der Waals surface area contributed by atoms with Gasteiger partial charge < -0.3 is 10.5 Å². The highest BCUT2D eigenvalue weighted by Gasteiger charge is 2.40. The van der Waals surface area contributed by atoms with Crippen molar-refractivity contribution in [1.82, 2.24) is 0 Å². The molecule has 1 fully saturated rings. The van der Waals surface area contributed by atoms with Gasteiger partial charge in [-0.2, -0.15) is 13.2 Å². The lowest BCUT2D eigenvalue weighted by Crippen LogP contribution is -2.32. The molecule has 1 unspecified atom stereocenters. The molecular weight excluding hydrogens is 271 g/mol. The summed E-state index contributed by atoms with van der Waals surface area (Å²) in [6.45, 7) is -1.05. The van der Waals surface area contributed by atoms with Gasteiger partial charge in [-0.1, -0.05) is 0 Å². The summed E-state index contributed by atoms with van der Waals surface area (Å²) in [6, 6.07) is 0. The lowest BCUT2D eigenvalue weighted by molar-refractivity contribution is -0.174. The molecule has 1 rings (SSSR count). The van der Waals surface area contributed by atoms with Crippen LogP contribution in [0.5, 0.6) is 0 Å². The third kappa shape index (κ3) is 5.11. The Bertz CT molecular complexity index is 369. The van der Waals surface area contributed by atoms with E-state index >= 15 is 0 Å². The minimum Gasteiger partial charge on any atom is -0.372 e. The summed E-state index contributed by atoms with van der Waals surface area (Å²) in [6.07, 6.45) is -2.95. The molecule has 18 heavy (non-hydrogen) atoms. The number of rotatable bonds is 6. The van der Waals surface area contributed by atoms with Gasteiger partial charge in [-0.3, -0.25) is 0 Å². The van der Waals surface area contributed by atoms with Gasteiger partial charge in [0, 0.05) is 6.61 Å². The van der Waals surface area contributed by atoms with Crippen molar-refractivity contribution in [2.45, 2.75) is 25.4 Å². The molecule has 0 amide bonds. The largest absolute Gasteiger partial charge is 0.411 e. The van der Waals surface area contributed by atoms with Gasteiger partial charge in [0.25, 0.3) is 0 Å². The van der Waals surface area contributed by atoms with E-state index in [-0.39, 0.29) is 24.7 Å². The van der Waals surface area contributed by atoms with Gasteiger partial charge in [0.05, 0.1) is 11.5 Å². The molecule has 4 nitrogen and oxygen atoms in total. The maximum absolute atomic E-state index is 11.8. The highest BCUT2D eigenvalue weighted by molar-refractivity contribution is 7.91. The summed E-state index contributed by atoms with van der Waals surface area (Å²) < 4.78 is 62.7. The monoisotopic (exact) mass is 289 g/mol. The Kier molecular flexibility index (Phi) is 5.02. The standard InChI is InChI=1S/C10H18F3NO3S/c11-10(12,13)7-17-4-1-2-9(6-14)3-5-18(15,16)8-9/h1-8,14H2. The molecule has 0 aromatic rings. The van der Waals surface area contributed by atoms with Crippen LogP contribution in [0.15, 0.2) is 0 Å². The van der Waals surface area contributed by atoms with E-state index in [1.807, 2.05) is 0 Å². The number of halogens is 3. The highest BCUT2D eigenvalue weighted by Crippen LogP contribution is 2.35. The zero-order valence-corrected chi connectivity index (χ0v) is 10.8. The first-order valence-electron chi connectivity index (χ1n) is 5.73. The molecule has 0 bridgehead atoms. The van der Waals surface area contributed by atoms with Crippen molar-refractivity contribution in [3.8, 4) is 0 Å². The number of nitrogens with two attached hydrogens (primary N) is 1. The molecule has 0 aliphatic carbocycles.